The zero-order valence-electron chi connectivity index (χ0n) is 19.8. The first-order valence-corrected chi connectivity index (χ1v) is 12.1. The molecule has 0 aromatic heterocycles. The number of nitrogens with zero attached hydrogens (tertiary/aromatic N) is 2. The monoisotopic (exact) mass is 556 g/mol. The first-order chi connectivity index (χ1) is 15.2. The minimum Gasteiger partial charge on any atom is -0.466 e. The molecule has 0 radical (unpaired) electrons. The third kappa shape index (κ3) is 8.54. The van der Waals surface area contributed by atoms with Crippen LogP contribution in [0, 0.1) is 5.92 Å². The maximum atomic E-state index is 12.0. The smallest absolute Gasteiger partial charge is 0.308 e. The molecule has 6 nitrogen and oxygen atoms in total. The highest BCUT2D eigenvalue weighted by Crippen LogP contribution is 2.25. The summed E-state index contributed by atoms with van der Waals surface area (Å²) in [5.41, 5.74) is 2.74. The van der Waals surface area contributed by atoms with Gasteiger partial charge in [0.25, 0.3) is 0 Å². The molecule has 7 heteroatoms. The number of rotatable bonds is 7. The van der Waals surface area contributed by atoms with E-state index in [0.29, 0.717) is 12.6 Å². The SMILES string of the molecule is CCOC(=O)C1CCC(NC(=NC)NCc2ccccc2CN2CCCCCC2)CC1.I. The highest BCUT2D eigenvalue weighted by Gasteiger charge is 2.27. The van der Waals surface area contributed by atoms with Gasteiger partial charge in [0.2, 0.25) is 0 Å². The van der Waals surface area contributed by atoms with Crippen LogP contribution < -0.4 is 10.6 Å². The van der Waals surface area contributed by atoms with E-state index in [9.17, 15) is 4.79 Å². The minimum atomic E-state index is -0.0375. The van der Waals surface area contributed by atoms with Crippen LogP contribution in [0.15, 0.2) is 29.3 Å². The Morgan fingerprint density at radius 2 is 1.72 bits per heavy atom. The van der Waals surface area contributed by atoms with Crippen molar-refractivity contribution in [3.63, 3.8) is 0 Å². The Hall–Kier alpha value is -1.35. The van der Waals surface area contributed by atoms with Crippen molar-refractivity contribution in [3.05, 3.63) is 35.4 Å². The molecule has 2 fully saturated rings. The van der Waals surface area contributed by atoms with Gasteiger partial charge in [-0.05, 0) is 69.7 Å². The number of benzene rings is 1. The second-order valence-electron chi connectivity index (χ2n) is 8.83. The number of hydrogen-bond donors (Lipinski definition) is 2. The molecule has 1 aliphatic heterocycles. The van der Waals surface area contributed by atoms with E-state index in [1.807, 2.05) is 14.0 Å². The molecule has 32 heavy (non-hydrogen) atoms. The first kappa shape index (κ1) is 26.9. The van der Waals surface area contributed by atoms with E-state index in [-0.39, 0.29) is 35.9 Å². The van der Waals surface area contributed by atoms with E-state index in [2.05, 4.69) is 44.8 Å². The van der Waals surface area contributed by atoms with Crippen molar-refractivity contribution in [2.75, 3.05) is 26.7 Å². The lowest BCUT2D eigenvalue weighted by molar-refractivity contribution is -0.149. The van der Waals surface area contributed by atoms with Crippen LogP contribution in [0.4, 0.5) is 0 Å². The zero-order chi connectivity index (χ0) is 21.9. The molecule has 0 atom stereocenters. The molecule has 2 aliphatic rings. The first-order valence-electron chi connectivity index (χ1n) is 12.1. The van der Waals surface area contributed by atoms with E-state index < -0.39 is 0 Å². The quantitative estimate of drug-likeness (QED) is 0.225. The number of guanidine groups is 1. The molecular formula is C25H41IN4O2. The molecule has 1 heterocycles. The average Bonchev–Trinajstić information content (AvgIpc) is 3.07. The van der Waals surface area contributed by atoms with E-state index in [4.69, 9.17) is 4.74 Å². The molecule has 3 rings (SSSR count). The highest BCUT2D eigenvalue weighted by molar-refractivity contribution is 14.0. The number of carbonyl (C=O) groups excluding carboxylic acids is 1. The summed E-state index contributed by atoms with van der Waals surface area (Å²) in [7, 11) is 1.82. The van der Waals surface area contributed by atoms with Gasteiger partial charge in [-0.3, -0.25) is 14.7 Å². The van der Waals surface area contributed by atoms with Crippen LogP contribution >= 0.6 is 24.0 Å². The highest BCUT2D eigenvalue weighted by atomic mass is 127. The van der Waals surface area contributed by atoms with Gasteiger partial charge in [0.1, 0.15) is 0 Å². The molecule has 1 aromatic carbocycles. The number of carbonyl (C=O) groups is 1. The van der Waals surface area contributed by atoms with Crippen molar-refractivity contribution in [1.29, 1.82) is 0 Å². The van der Waals surface area contributed by atoms with Crippen molar-refractivity contribution in [1.82, 2.24) is 15.5 Å². The predicted octanol–water partition coefficient (Wildman–Crippen LogP) is 4.47. The number of aliphatic imine (C=N–C) groups is 1. The predicted molar refractivity (Wildman–Crippen MR) is 141 cm³/mol. The number of halogens is 1. The summed E-state index contributed by atoms with van der Waals surface area (Å²) in [4.78, 5) is 19.0. The largest absolute Gasteiger partial charge is 0.466 e. The number of ether oxygens (including phenoxy) is 1. The number of hydrogen-bond acceptors (Lipinski definition) is 4. The number of esters is 1. The van der Waals surface area contributed by atoms with Gasteiger partial charge >= 0.3 is 5.97 Å². The fourth-order valence-corrected chi connectivity index (χ4v) is 4.72. The van der Waals surface area contributed by atoms with Crippen LogP contribution in [0.2, 0.25) is 0 Å². The van der Waals surface area contributed by atoms with Gasteiger partial charge in [-0.25, -0.2) is 0 Å². The molecular weight excluding hydrogens is 515 g/mol. The fraction of sp³-hybridized carbons (Fsp3) is 0.680. The molecule has 0 unspecified atom stereocenters. The lowest BCUT2D eigenvalue weighted by Gasteiger charge is -2.29. The van der Waals surface area contributed by atoms with Crippen LogP contribution in [0.5, 0.6) is 0 Å². The molecule has 2 N–H and O–H groups in total. The lowest BCUT2D eigenvalue weighted by atomic mass is 9.86. The summed E-state index contributed by atoms with van der Waals surface area (Å²) in [6.45, 7) is 6.54. The Labute approximate surface area is 211 Å². The zero-order valence-corrected chi connectivity index (χ0v) is 22.1. The van der Waals surface area contributed by atoms with E-state index in [0.717, 1.165) is 44.7 Å². The van der Waals surface area contributed by atoms with Crippen molar-refractivity contribution in [2.45, 2.75) is 77.4 Å². The molecule has 180 valence electrons. The lowest BCUT2D eigenvalue weighted by Crippen LogP contribution is -2.45. The van der Waals surface area contributed by atoms with Crippen LogP contribution in [0.3, 0.4) is 0 Å². The second kappa shape index (κ2) is 14.7. The molecule has 1 aliphatic carbocycles. The van der Waals surface area contributed by atoms with Gasteiger partial charge in [0.15, 0.2) is 5.96 Å². The minimum absolute atomic E-state index is 0. The summed E-state index contributed by atoms with van der Waals surface area (Å²) >= 11 is 0. The van der Waals surface area contributed by atoms with Crippen LogP contribution in [-0.4, -0.2) is 49.6 Å². The molecule has 0 spiro atoms. The van der Waals surface area contributed by atoms with Crippen LogP contribution in [0.1, 0.15) is 69.4 Å². The molecule has 0 bridgehead atoms. The number of nitrogens with one attached hydrogen (secondary N) is 2. The van der Waals surface area contributed by atoms with Crippen LogP contribution in [0.25, 0.3) is 0 Å². The Balaban J connectivity index is 0.00000363. The van der Waals surface area contributed by atoms with Crippen LogP contribution in [-0.2, 0) is 22.6 Å². The van der Waals surface area contributed by atoms with Gasteiger partial charge in [-0.15, -0.1) is 24.0 Å². The second-order valence-corrected chi connectivity index (χ2v) is 8.83. The van der Waals surface area contributed by atoms with Gasteiger partial charge in [0, 0.05) is 26.2 Å². The third-order valence-electron chi connectivity index (χ3n) is 6.57. The van der Waals surface area contributed by atoms with E-state index in [1.165, 1.54) is 49.9 Å². The van der Waals surface area contributed by atoms with Crippen molar-refractivity contribution in [2.24, 2.45) is 10.9 Å². The molecule has 1 aromatic rings. The summed E-state index contributed by atoms with van der Waals surface area (Å²) in [5, 5.41) is 7.06. The molecule has 0 amide bonds. The van der Waals surface area contributed by atoms with Gasteiger partial charge < -0.3 is 15.4 Å². The molecule has 1 saturated carbocycles. The van der Waals surface area contributed by atoms with Gasteiger partial charge in [-0.2, -0.15) is 0 Å². The normalized spacial score (nSPS) is 22.4. The van der Waals surface area contributed by atoms with E-state index in [1.54, 1.807) is 0 Å². The standard InChI is InChI=1S/C25H40N4O2.HI/c1-3-31-24(30)20-12-14-23(15-13-20)28-25(26-2)27-18-21-10-6-7-11-22(21)19-29-16-8-4-5-9-17-29;/h6-7,10-11,20,23H,3-5,8-9,12-19H2,1-2H3,(H2,26,27,28);1H. The number of likely N-dealkylation sites (tertiary alicyclic amines) is 1. The Morgan fingerprint density at radius 1 is 1.06 bits per heavy atom. The van der Waals surface area contributed by atoms with Gasteiger partial charge in [0.05, 0.1) is 12.5 Å². The maximum absolute atomic E-state index is 12.0. The summed E-state index contributed by atoms with van der Waals surface area (Å²) in [6.07, 6.45) is 9.06. The Morgan fingerprint density at radius 3 is 2.34 bits per heavy atom. The topological polar surface area (TPSA) is 66.0 Å². The Bertz CT molecular complexity index is 712. The average molecular weight is 557 g/mol. The third-order valence-corrected chi connectivity index (χ3v) is 6.57. The molecule has 1 saturated heterocycles. The van der Waals surface area contributed by atoms with Gasteiger partial charge in [-0.1, -0.05) is 37.1 Å². The summed E-state index contributed by atoms with van der Waals surface area (Å²) < 4.78 is 5.18. The van der Waals surface area contributed by atoms with Crippen molar-refractivity contribution < 1.29 is 9.53 Å². The van der Waals surface area contributed by atoms with Crippen molar-refractivity contribution in [3.8, 4) is 0 Å². The summed E-state index contributed by atoms with van der Waals surface area (Å²) in [5.74, 6) is 0.854. The van der Waals surface area contributed by atoms with E-state index >= 15 is 0 Å². The fourth-order valence-electron chi connectivity index (χ4n) is 4.72. The summed E-state index contributed by atoms with van der Waals surface area (Å²) in [6, 6.07) is 9.10. The maximum Gasteiger partial charge on any atom is 0.308 e. The van der Waals surface area contributed by atoms with Crippen molar-refractivity contribution >= 4 is 35.9 Å². The Kier molecular flexibility index (Phi) is 12.4.